The molecule has 0 amide bonds. The van der Waals surface area contributed by atoms with Gasteiger partial charge in [0, 0.05) is 0 Å². The van der Waals surface area contributed by atoms with Crippen LogP contribution in [0.1, 0.15) is 52.0 Å². The first-order valence-corrected chi connectivity index (χ1v) is 10.1. The fraction of sp³-hybridized carbons (Fsp3) is 0.556. The zero-order valence-electron chi connectivity index (χ0n) is 13.6. The maximum Gasteiger partial charge on any atom is 0.143 e. The third-order valence-electron chi connectivity index (χ3n) is 3.96. The van der Waals surface area contributed by atoms with Crippen molar-refractivity contribution in [1.82, 2.24) is 4.57 Å². The summed E-state index contributed by atoms with van der Waals surface area (Å²) < 4.78 is 2.81. The highest BCUT2D eigenvalue weighted by Crippen LogP contribution is 2.08. The largest absolute Gasteiger partial charge is 0.322 e. The van der Waals surface area contributed by atoms with Crippen LogP contribution in [0.4, 0.5) is 0 Å². The van der Waals surface area contributed by atoms with Crippen LogP contribution >= 0.6 is 0 Å². The second-order valence-corrected chi connectivity index (χ2v) is 8.79. The Kier molecular flexibility index (Phi) is 8.55. The highest BCUT2D eigenvalue weighted by Gasteiger charge is 2.19. The molecule has 0 aliphatic heterocycles. The van der Waals surface area contributed by atoms with Gasteiger partial charge in [0.1, 0.15) is 8.96 Å². The highest BCUT2D eigenvalue weighted by molar-refractivity contribution is 6.70. The van der Waals surface area contributed by atoms with E-state index in [2.05, 4.69) is 56.2 Å². The summed E-state index contributed by atoms with van der Waals surface area (Å²) in [6.45, 7) is 13.4. The zero-order chi connectivity index (χ0) is 14.8. The van der Waals surface area contributed by atoms with Gasteiger partial charge in [-0.2, -0.15) is 0 Å². The zero-order valence-corrected chi connectivity index (χ0v) is 14.7. The van der Waals surface area contributed by atoms with Crippen molar-refractivity contribution in [3.63, 3.8) is 0 Å². The van der Waals surface area contributed by atoms with E-state index in [1.165, 1.54) is 50.4 Å². The van der Waals surface area contributed by atoms with E-state index in [1.807, 2.05) is 6.08 Å². The predicted molar refractivity (Wildman–Crippen MR) is 95.2 cm³/mol. The van der Waals surface area contributed by atoms with Crippen LogP contribution in [-0.2, 0) is 0 Å². The predicted octanol–water partition coefficient (Wildman–Crippen LogP) is 4.18. The van der Waals surface area contributed by atoms with Crippen LogP contribution in [0.3, 0.4) is 0 Å². The van der Waals surface area contributed by atoms with Gasteiger partial charge >= 0.3 is 0 Å². The molecule has 1 aromatic carbocycles. The molecule has 0 radical (unpaired) electrons. The van der Waals surface area contributed by atoms with Crippen molar-refractivity contribution in [3.8, 4) is 0 Å². The summed E-state index contributed by atoms with van der Waals surface area (Å²) in [5.74, 6) is 0. The van der Waals surface area contributed by atoms with Gasteiger partial charge in [-0.05, 0) is 42.7 Å². The van der Waals surface area contributed by atoms with E-state index >= 15 is 0 Å². The Balaban J connectivity index is 2.88. The van der Waals surface area contributed by atoms with Gasteiger partial charge in [-0.25, -0.2) is 0 Å². The fourth-order valence-electron chi connectivity index (χ4n) is 2.74. The maximum absolute atomic E-state index is 3.90. The fourth-order valence-corrected chi connectivity index (χ4v) is 5.86. The van der Waals surface area contributed by atoms with Gasteiger partial charge < -0.3 is 4.57 Å². The van der Waals surface area contributed by atoms with E-state index in [-0.39, 0.29) is 0 Å². The average Bonchev–Trinajstić information content (AvgIpc) is 2.50. The molecule has 0 fully saturated rings. The molecule has 0 N–H and O–H groups in total. The minimum atomic E-state index is -1.01. The summed E-state index contributed by atoms with van der Waals surface area (Å²) in [6, 6.07) is 10.4. The standard InChI is InChI=1S/C18H31NSi/c1-5-9-14-19(15-10-6-2)20(8-4)18-13-11-12-17(7-3)16-18/h7,11-13,16,20H,3,5-6,8-10,14-15H2,1-2,4H3. The SMILES string of the molecule is C=Cc1cccc([SiH](CC)N(CCCC)CCCC)c1. The van der Waals surface area contributed by atoms with Crippen molar-refractivity contribution in [2.75, 3.05) is 13.1 Å². The Labute approximate surface area is 127 Å². The Morgan fingerprint density at radius 3 is 2.25 bits per heavy atom. The molecule has 20 heavy (non-hydrogen) atoms. The molecule has 0 saturated carbocycles. The van der Waals surface area contributed by atoms with Crippen molar-refractivity contribution in [3.05, 3.63) is 36.4 Å². The first-order chi connectivity index (χ1) is 9.76. The molecule has 0 saturated heterocycles. The van der Waals surface area contributed by atoms with Crippen LogP contribution in [0.5, 0.6) is 0 Å². The molecule has 0 spiro atoms. The summed E-state index contributed by atoms with van der Waals surface area (Å²) in [4.78, 5) is 0. The van der Waals surface area contributed by atoms with Gasteiger partial charge in [-0.15, -0.1) is 0 Å². The van der Waals surface area contributed by atoms with Crippen LogP contribution in [0.15, 0.2) is 30.8 Å². The third kappa shape index (κ3) is 5.26. The molecular formula is C18H31NSi. The monoisotopic (exact) mass is 289 g/mol. The normalized spacial score (nSPS) is 12.6. The number of hydrogen-bond donors (Lipinski definition) is 0. The number of rotatable bonds is 10. The summed E-state index contributed by atoms with van der Waals surface area (Å²) in [7, 11) is -1.01. The van der Waals surface area contributed by atoms with E-state index in [4.69, 9.17) is 0 Å². The van der Waals surface area contributed by atoms with E-state index in [9.17, 15) is 0 Å². The molecule has 1 nitrogen and oxygen atoms in total. The van der Waals surface area contributed by atoms with Gasteiger partial charge in [0.05, 0.1) is 0 Å². The minimum absolute atomic E-state index is 1.01. The van der Waals surface area contributed by atoms with Crippen LogP contribution in [-0.4, -0.2) is 26.6 Å². The first kappa shape index (κ1) is 17.2. The van der Waals surface area contributed by atoms with Crippen molar-refractivity contribution >= 4 is 20.2 Å². The van der Waals surface area contributed by atoms with Crippen LogP contribution in [0.25, 0.3) is 6.08 Å². The van der Waals surface area contributed by atoms with Crippen LogP contribution in [0, 0.1) is 0 Å². The Morgan fingerprint density at radius 1 is 1.10 bits per heavy atom. The van der Waals surface area contributed by atoms with Crippen LogP contribution < -0.4 is 5.19 Å². The van der Waals surface area contributed by atoms with Crippen molar-refractivity contribution in [1.29, 1.82) is 0 Å². The molecule has 1 unspecified atom stereocenters. The molecule has 0 aliphatic rings. The number of benzene rings is 1. The molecule has 2 heteroatoms. The lowest BCUT2D eigenvalue weighted by atomic mass is 10.2. The highest BCUT2D eigenvalue weighted by atomic mass is 28.3. The molecule has 1 rings (SSSR count). The molecule has 1 atom stereocenters. The lowest BCUT2D eigenvalue weighted by Gasteiger charge is -2.30. The second-order valence-electron chi connectivity index (χ2n) is 5.54. The maximum atomic E-state index is 3.90. The summed E-state index contributed by atoms with van der Waals surface area (Å²) in [6.07, 6.45) is 7.20. The summed E-state index contributed by atoms with van der Waals surface area (Å²) in [5, 5.41) is 1.58. The van der Waals surface area contributed by atoms with E-state index in [0.29, 0.717) is 0 Å². The summed E-state index contributed by atoms with van der Waals surface area (Å²) in [5.41, 5.74) is 1.26. The second kappa shape index (κ2) is 9.95. The van der Waals surface area contributed by atoms with Gasteiger partial charge in [0.2, 0.25) is 0 Å². The van der Waals surface area contributed by atoms with Gasteiger partial charge in [-0.3, -0.25) is 0 Å². The van der Waals surface area contributed by atoms with E-state index < -0.39 is 8.96 Å². The molecular weight excluding hydrogens is 258 g/mol. The number of nitrogens with zero attached hydrogens (tertiary/aromatic N) is 1. The number of unbranched alkanes of at least 4 members (excludes halogenated alkanes) is 2. The van der Waals surface area contributed by atoms with Crippen molar-refractivity contribution in [2.24, 2.45) is 0 Å². The van der Waals surface area contributed by atoms with Gasteiger partial charge in [0.15, 0.2) is 0 Å². The smallest absolute Gasteiger partial charge is 0.143 e. The molecule has 112 valence electrons. The Morgan fingerprint density at radius 2 is 1.75 bits per heavy atom. The molecule has 0 heterocycles. The lowest BCUT2D eigenvalue weighted by Crippen LogP contribution is -2.48. The number of hydrogen-bond acceptors (Lipinski definition) is 1. The third-order valence-corrected chi connectivity index (χ3v) is 7.26. The quantitative estimate of drug-likeness (QED) is 0.584. The Bertz CT molecular complexity index is 381. The van der Waals surface area contributed by atoms with E-state index in [0.717, 1.165) is 0 Å². The molecule has 0 bridgehead atoms. The van der Waals surface area contributed by atoms with Gasteiger partial charge in [0.25, 0.3) is 0 Å². The summed E-state index contributed by atoms with van der Waals surface area (Å²) >= 11 is 0. The van der Waals surface area contributed by atoms with Crippen molar-refractivity contribution < 1.29 is 0 Å². The first-order valence-electron chi connectivity index (χ1n) is 8.23. The molecule has 1 aromatic rings. The minimum Gasteiger partial charge on any atom is -0.322 e. The molecule has 0 aromatic heterocycles. The van der Waals surface area contributed by atoms with Gasteiger partial charge in [-0.1, -0.05) is 70.5 Å². The lowest BCUT2D eigenvalue weighted by molar-refractivity contribution is 0.413. The van der Waals surface area contributed by atoms with E-state index in [1.54, 1.807) is 5.19 Å². The Hall–Kier alpha value is -0.863. The van der Waals surface area contributed by atoms with Crippen LogP contribution in [0.2, 0.25) is 6.04 Å². The van der Waals surface area contributed by atoms with Crippen molar-refractivity contribution in [2.45, 2.75) is 52.5 Å². The topological polar surface area (TPSA) is 3.24 Å². The average molecular weight is 290 g/mol. The molecule has 0 aliphatic carbocycles.